The van der Waals surface area contributed by atoms with Crippen LogP contribution in [0.25, 0.3) is 22.2 Å². The van der Waals surface area contributed by atoms with E-state index in [0.717, 1.165) is 17.4 Å². The van der Waals surface area contributed by atoms with Crippen LogP contribution < -0.4 is 15.6 Å². The number of benzene rings is 2. The number of fused-ring (bicyclic) bond motifs is 1. The van der Waals surface area contributed by atoms with Crippen molar-refractivity contribution in [3.8, 4) is 23.1 Å². The number of hydrazine groups is 1. The van der Waals surface area contributed by atoms with E-state index in [4.69, 9.17) is 16.3 Å². The molecular weight excluding hydrogens is 578 g/mol. The van der Waals surface area contributed by atoms with Gasteiger partial charge in [0.25, 0.3) is 5.91 Å². The number of hydrogen-bond acceptors (Lipinski definition) is 7. The van der Waals surface area contributed by atoms with Crippen LogP contribution in [-0.4, -0.2) is 42.2 Å². The molecule has 216 valence electrons. The SMILES string of the molecule is Cc1ccc(C#Cc2ccc(-c3cc(C(=O)NNC(=O)OC(C)(C)C)c4cnc(NS(C)(=O)=O)cc4n3)cc2)c(Cl)c1. The van der Waals surface area contributed by atoms with E-state index in [1.807, 2.05) is 37.3 Å². The Morgan fingerprint density at radius 3 is 2.33 bits per heavy atom. The van der Waals surface area contributed by atoms with Crippen molar-refractivity contribution in [3.05, 3.63) is 88.1 Å². The normalized spacial score (nSPS) is 11.3. The van der Waals surface area contributed by atoms with Crippen LogP contribution in [-0.2, 0) is 14.8 Å². The molecular formula is C30H28ClN5O5S. The zero-order chi connectivity index (χ0) is 30.7. The molecule has 0 saturated heterocycles. The molecule has 2 amide bonds. The predicted octanol–water partition coefficient (Wildman–Crippen LogP) is 5.20. The van der Waals surface area contributed by atoms with Gasteiger partial charge in [-0.25, -0.2) is 28.6 Å². The zero-order valence-electron chi connectivity index (χ0n) is 23.5. The third-order valence-electron chi connectivity index (χ3n) is 5.55. The van der Waals surface area contributed by atoms with Gasteiger partial charge in [0.2, 0.25) is 10.0 Å². The van der Waals surface area contributed by atoms with Crippen molar-refractivity contribution >= 4 is 50.3 Å². The molecule has 4 rings (SSSR count). The van der Waals surface area contributed by atoms with Crippen LogP contribution in [0.1, 0.15) is 47.8 Å². The van der Waals surface area contributed by atoms with Crippen molar-refractivity contribution in [1.29, 1.82) is 0 Å². The number of sulfonamides is 1. The van der Waals surface area contributed by atoms with E-state index in [2.05, 4.69) is 37.4 Å². The second-order valence-corrected chi connectivity index (χ2v) is 12.6. The van der Waals surface area contributed by atoms with Gasteiger partial charge in [-0.3, -0.25) is 14.9 Å². The van der Waals surface area contributed by atoms with Gasteiger partial charge in [0.1, 0.15) is 11.4 Å². The van der Waals surface area contributed by atoms with Crippen LogP contribution in [0.2, 0.25) is 5.02 Å². The quantitative estimate of drug-likeness (QED) is 0.215. The maximum absolute atomic E-state index is 13.2. The summed E-state index contributed by atoms with van der Waals surface area (Å²) in [5, 5.41) is 0.907. The average Bonchev–Trinajstić information content (AvgIpc) is 2.89. The largest absolute Gasteiger partial charge is 0.443 e. The Hall–Kier alpha value is -4.66. The Kier molecular flexibility index (Phi) is 8.70. The van der Waals surface area contributed by atoms with E-state index < -0.39 is 27.6 Å². The monoisotopic (exact) mass is 605 g/mol. The molecule has 2 heterocycles. The Balaban J connectivity index is 1.69. The van der Waals surface area contributed by atoms with Gasteiger partial charge in [-0.15, -0.1) is 0 Å². The van der Waals surface area contributed by atoms with E-state index in [9.17, 15) is 18.0 Å². The average molecular weight is 606 g/mol. The first-order chi connectivity index (χ1) is 19.7. The highest BCUT2D eigenvalue weighted by molar-refractivity contribution is 7.92. The van der Waals surface area contributed by atoms with Crippen molar-refractivity contribution in [2.45, 2.75) is 33.3 Å². The topological polar surface area (TPSA) is 139 Å². The molecule has 0 aliphatic carbocycles. The van der Waals surface area contributed by atoms with Crippen LogP contribution in [0.4, 0.5) is 10.6 Å². The van der Waals surface area contributed by atoms with E-state index in [1.54, 1.807) is 39.0 Å². The molecule has 2 aromatic heterocycles. The number of halogens is 1. The second kappa shape index (κ2) is 12.1. The first-order valence-electron chi connectivity index (χ1n) is 12.6. The first kappa shape index (κ1) is 30.3. The Labute approximate surface area is 248 Å². The molecule has 12 heteroatoms. The molecule has 0 aliphatic rings. The second-order valence-electron chi connectivity index (χ2n) is 10.4. The van der Waals surface area contributed by atoms with E-state index in [0.29, 0.717) is 32.7 Å². The predicted molar refractivity (Wildman–Crippen MR) is 162 cm³/mol. The maximum Gasteiger partial charge on any atom is 0.426 e. The van der Waals surface area contributed by atoms with Crippen molar-refractivity contribution in [3.63, 3.8) is 0 Å². The van der Waals surface area contributed by atoms with E-state index in [1.165, 1.54) is 12.3 Å². The number of amides is 2. The molecule has 0 spiro atoms. The Morgan fingerprint density at radius 1 is 0.976 bits per heavy atom. The highest BCUT2D eigenvalue weighted by Crippen LogP contribution is 2.26. The summed E-state index contributed by atoms with van der Waals surface area (Å²) < 4.78 is 31.0. The van der Waals surface area contributed by atoms with Gasteiger partial charge >= 0.3 is 6.09 Å². The summed E-state index contributed by atoms with van der Waals surface area (Å²) in [6, 6.07) is 15.8. The summed E-state index contributed by atoms with van der Waals surface area (Å²) in [5.41, 5.74) is 7.82. The van der Waals surface area contributed by atoms with Gasteiger partial charge in [-0.2, -0.15) is 0 Å². The lowest BCUT2D eigenvalue weighted by Crippen LogP contribution is -2.44. The number of aromatic nitrogens is 2. The molecule has 4 aromatic rings. The van der Waals surface area contributed by atoms with Crippen molar-refractivity contribution in [1.82, 2.24) is 20.8 Å². The number of ether oxygens (including phenoxy) is 1. The standard InChI is InChI=1S/C30H28ClN5O5S/c1-18-6-10-20(24(31)14-18)11-7-19-8-12-21(13-9-19)25-15-22(28(37)34-35-29(38)41-30(2,3)4)23-17-32-27(16-26(23)33-25)36-42(5,39)40/h6,8-10,12-17H,1-5H3,(H,32,36)(H,34,37)(H,35,38). The summed E-state index contributed by atoms with van der Waals surface area (Å²) in [7, 11) is -3.61. The van der Waals surface area contributed by atoms with Crippen molar-refractivity contribution in [2.24, 2.45) is 0 Å². The molecule has 10 nitrogen and oxygen atoms in total. The van der Waals surface area contributed by atoms with Gasteiger partial charge in [0, 0.05) is 34.3 Å². The highest BCUT2D eigenvalue weighted by atomic mass is 35.5. The van der Waals surface area contributed by atoms with Gasteiger partial charge < -0.3 is 4.74 Å². The molecule has 42 heavy (non-hydrogen) atoms. The fraction of sp³-hybridized carbons (Fsp3) is 0.200. The molecule has 0 fully saturated rings. The maximum atomic E-state index is 13.2. The molecule has 0 saturated carbocycles. The number of hydrogen-bond donors (Lipinski definition) is 3. The van der Waals surface area contributed by atoms with Gasteiger partial charge in [0.05, 0.1) is 28.1 Å². The lowest BCUT2D eigenvalue weighted by molar-refractivity contribution is 0.0483. The molecule has 2 aromatic carbocycles. The molecule has 0 atom stereocenters. The van der Waals surface area contributed by atoms with Crippen LogP contribution in [0, 0.1) is 18.8 Å². The smallest absolute Gasteiger partial charge is 0.426 e. The number of carbonyl (C=O) groups excluding carboxylic acids is 2. The minimum atomic E-state index is -3.61. The van der Waals surface area contributed by atoms with Crippen LogP contribution in [0.5, 0.6) is 0 Å². The lowest BCUT2D eigenvalue weighted by Gasteiger charge is -2.20. The number of anilines is 1. The fourth-order valence-electron chi connectivity index (χ4n) is 3.77. The Bertz CT molecular complexity index is 1860. The van der Waals surface area contributed by atoms with Crippen LogP contribution in [0.3, 0.4) is 0 Å². The number of carbonyl (C=O) groups is 2. The van der Waals surface area contributed by atoms with Gasteiger partial charge in [-0.1, -0.05) is 41.6 Å². The number of nitrogens with one attached hydrogen (secondary N) is 3. The number of aryl methyl sites for hydroxylation is 1. The van der Waals surface area contributed by atoms with Crippen molar-refractivity contribution in [2.75, 3.05) is 11.0 Å². The summed E-state index contributed by atoms with van der Waals surface area (Å²) in [4.78, 5) is 34.0. The minimum absolute atomic E-state index is 0.0354. The first-order valence-corrected chi connectivity index (χ1v) is 14.9. The molecule has 0 radical (unpaired) electrons. The third-order valence-corrected chi connectivity index (χ3v) is 6.45. The number of nitrogens with zero attached hydrogens (tertiary/aromatic N) is 2. The molecule has 0 aliphatic heterocycles. The molecule has 0 unspecified atom stereocenters. The summed E-state index contributed by atoms with van der Waals surface area (Å²) >= 11 is 6.29. The molecule has 3 N–H and O–H groups in total. The van der Waals surface area contributed by atoms with Gasteiger partial charge in [-0.05, 0) is 63.6 Å². The van der Waals surface area contributed by atoms with E-state index >= 15 is 0 Å². The summed E-state index contributed by atoms with van der Waals surface area (Å²) in [5.74, 6) is 5.54. The zero-order valence-corrected chi connectivity index (χ0v) is 25.1. The lowest BCUT2D eigenvalue weighted by atomic mass is 10.0. The third kappa shape index (κ3) is 8.19. The molecule has 0 bridgehead atoms. The summed E-state index contributed by atoms with van der Waals surface area (Å²) in [6.45, 7) is 7.03. The van der Waals surface area contributed by atoms with Crippen LogP contribution in [0.15, 0.2) is 60.8 Å². The summed E-state index contributed by atoms with van der Waals surface area (Å²) in [6.07, 6.45) is 1.49. The number of rotatable bonds is 4. The van der Waals surface area contributed by atoms with E-state index in [-0.39, 0.29) is 11.4 Å². The highest BCUT2D eigenvalue weighted by Gasteiger charge is 2.19. The number of pyridine rings is 2. The van der Waals surface area contributed by atoms with Crippen LogP contribution >= 0.6 is 11.6 Å². The fourth-order valence-corrected chi connectivity index (χ4v) is 4.54. The minimum Gasteiger partial charge on any atom is -0.443 e. The van der Waals surface area contributed by atoms with Crippen molar-refractivity contribution < 1.29 is 22.7 Å². The Morgan fingerprint density at radius 2 is 1.69 bits per heavy atom. The van der Waals surface area contributed by atoms with Gasteiger partial charge in [0.15, 0.2) is 0 Å².